The van der Waals surface area contributed by atoms with Crippen LogP contribution in [0.4, 0.5) is 10.1 Å². The molecule has 0 radical (unpaired) electrons. The summed E-state index contributed by atoms with van der Waals surface area (Å²) in [5.74, 6) is -0.621. The fourth-order valence-electron chi connectivity index (χ4n) is 1.55. The summed E-state index contributed by atoms with van der Waals surface area (Å²) in [5.41, 5.74) is 6.18. The van der Waals surface area contributed by atoms with E-state index in [0.29, 0.717) is 6.54 Å². The zero-order valence-electron chi connectivity index (χ0n) is 10.0. The van der Waals surface area contributed by atoms with Crippen LogP contribution in [-0.4, -0.2) is 8.42 Å². The molecule has 0 amide bonds. The first-order valence-electron chi connectivity index (χ1n) is 5.59. The second-order valence-electron chi connectivity index (χ2n) is 3.93. The SMILES string of the molecule is NCc1ccc(S(=O)(=O)Nc2ccccc2F)cc1. The van der Waals surface area contributed by atoms with Crippen LogP contribution in [0.2, 0.25) is 0 Å². The molecule has 0 aliphatic carbocycles. The Balaban J connectivity index is 2.30. The number of hydrogen-bond acceptors (Lipinski definition) is 3. The highest BCUT2D eigenvalue weighted by Gasteiger charge is 2.15. The van der Waals surface area contributed by atoms with Gasteiger partial charge in [0.25, 0.3) is 10.0 Å². The molecule has 2 aromatic rings. The van der Waals surface area contributed by atoms with Crippen molar-refractivity contribution in [2.45, 2.75) is 11.4 Å². The molecule has 3 N–H and O–H groups in total. The summed E-state index contributed by atoms with van der Waals surface area (Å²) in [6.07, 6.45) is 0. The van der Waals surface area contributed by atoms with E-state index in [1.165, 1.54) is 30.3 Å². The van der Waals surface area contributed by atoms with Gasteiger partial charge in [0.15, 0.2) is 0 Å². The van der Waals surface area contributed by atoms with E-state index < -0.39 is 15.8 Å². The third-order valence-corrected chi connectivity index (χ3v) is 3.97. The average Bonchev–Trinajstić information content (AvgIpc) is 2.41. The molecule has 4 nitrogen and oxygen atoms in total. The molecule has 0 saturated carbocycles. The van der Waals surface area contributed by atoms with E-state index in [1.54, 1.807) is 18.2 Å². The van der Waals surface area contributed by atoms with Crippen LogP contribution in [-0.2, 0) is 16.6 Å². The van der Waals surface area contributed by atoms with Crippen LogP contribution in [0.3, 0.4) is 0 Å². The van der Waals surface area contributed by atoms with Gasteiger partial charge < -0.3 is 5.73 Å². The average molecular weight is 280 g/mol. The zero-order valence-corrected chi connectivity index (χ0v) is 10.8. The maximum atomic E-state index is 13.4. The van der Waals surface area contributed by atoms with Gasteiger partial charge in [0.2, 0.25) is 0 Å². The number of benzene rings is 2. The van der Waals surface area contributed by atoms with E-state index in [-0.39, 0.29) is 10.6 Å². The summed E-state index contributed by atoms with van der Waals surface area (Å²) in [4.78, 5) is 0.0629. The summed E-state index contributed by atoms with van der Waals surface area (Å²) >= 11 is 0. The van der Waals surface area contributed by atoms with Crippen LogP contribution in [0.1, 0.15) is 5.56 Å². The normalized spacial score (nSPS) is 11.3. The maximum absolute atomic E-state index is 13.4. The van der Waals surface area contributed by atoms with Gasteiger partial charge >= 0.3 is 0 Å². The van der Waals surface area contributed by atoms with Gasteiger partial charge in [0, 0.05) is 6.54 Å². The Bertz CT molecular complexity index is 669. The Hall–Kier alpha value is -1.92. The summed E-state index contributed by atoms with van der Waals surface area (Å²) in [6.45, 7) is 0.334. The predicted octanol–water partition coefficient (Wildman–Crippen LogP) is 2.09. The Kier molecular flexibility index (Phi) is 3.82. The highest BCUT2D eigenvalue weighted by Crippen LogP contribution is 2.18. The van der Waals surface area contributed by atoms with Gasteiger partial charge in [-0.15, -0.1) is 0 Å². The van der Waals surface area contributed by atoms with E-state index in [9.17, 15) is 12.8 Å². The monoisotopic (exact) mass is 280 g/mol. The van der Waals surface area contributed by atoms with Gasteiger partial charge in [-0.25, -0.2) is 12.8 Å². The van der Waals surface area contributed by atoms with Gasteiger partial charge in [0.1, 0.15) is 5.82 Å². The molecule has 0 heterocycles. The smallest absolute Gasteiger partial charge is 0.261 e. The van der Waals surface area contributed by atoms with Gasteiger partial charge in [-0.2, -0.15) is 0 Å². The molecule has 19 heavy (non-hydrogen) atoms. The highest BCUT2D eigenvalue weighted by atomic mass is 32.2. The number of nitrogens with one attached hydrogen (secondary N) is 1. The first-order valence-corrected chi connectivity index (χ1v) is 7.07. The molecule has 0 aliphatic rings. The van der Waals surface area contributed by atoms with Crippen molar-refractivity contribution in [2.75, 3.05) is 4.72 Å². The number of para-hydroxylation sites is 1. The Morgan fingerprint density at radius 3 is 2.26 bits per heavy atom. The Labute approximate surface area is 111 Å². The topological polar surface area (TPSA) is 72.2 Å². The summed E-state index contributed by atoms with van der Waals surface area (Å²) in [7, 11) is -3.79. The molecule has 0 bridgehead atoms. The van der Waals surface area contributed by atoms with Crippen molar-refractivity contribution in [3.05, 3.63) is 59.9 Å². The minimum atomic E-state index is -3.79. The van der Waals surface area contributed by atoms with Gasteiger partial charge in [-0.3, -0.25) is 4.72 Å². The second kappa shape index (κ2) is 5.38. The number of nitrogens with two attached hydrogens (primary N) is 1. The van der Waals surface area contributed by atoms with Crippen LogP contribution < -0.4 is 10.5 Å². The molecule has 2 rings (SSSR count). The molecule has 0 saturated heterocycles. The maximum Gasteiger partial charge on any atom is 0.261 e. The number of rotatable bonds is 4. The molecule has 0 aromatic heterocycles. The zero-order chi connectivity index (χ0) is 13.9. The van der Waals surface area contributed by atoms with Gasteiger partial charge in [-0.1, -0.05) is 24.3 Å². The minimum absolute atomic E-state index is 0.0629. The first-order chi connectivity index (χ1) is 9.03. The molecule has 2 aromatic carbocycles. The third kappa shape index (κ3) is 3.10. The van der Waals surface area contributed by atoms with E-state index >= 15 is 0 Å². The molecule has 0 aliphatic heterocycles. The molecular weight excluding hydrogens is 267 g/mol. The van der Waals surface area contributed by atoms with E-state index in [2.05, 4.69) is 4.72 Å². The number of halogens is 1. The number of hydrogen-bond donors (Lipinski definition) is 2. The first kappa shape index (κ1) is 13.5. The van der Waals surface area contributed by atoms with Crippen molar-refractivity contribution >= 4 is 15.7 Å². The van der Waals surface area contributed by atoms with Crippen LogP contribution >= 0.6 is 0 Å². The van der Waals surface area contributed by atoms with Crippen LogP contribution in [0.5, 0.6) is 0 Å². The van der Waals surface area contributed by atoms with Crippen LogP contribution in [0.25, 0.3) is 0 Å². The summed E-state index contributed by atoms with van der Waals surface area (Å²) in [5, 5.41) is 0. The molecule has 0 unspecified atom stereocenters. The van der Waals surface area contributed by atoms with Crippen molar-refractivity contribution in [1.29, 1.82) is 0 Å². The Morgan fingerprint density at radius 1 is 1.05 bits per heavy atom. The standard InChI is InChI=1S/C13H13FN2O2S/c14-12-3-1-2-4-13(12)16-19(17,18)11-7-5-10(9-15)6-8-11/h1-8,16H,9,15H2. The van der Waals surface area contributed by atoms with Crippen LogP contribution in [0, 0.1) is 5.82 Å². The lowest BCUT2D eigenvalue weighted by atomic mass is 10.2. The highest BCUT2D eigenvalue weighted by molar-refractivity contribution is 7.92. The third-order valence-electron chi connectivity index (χ3n) is 2.59. The fourth-order valence-corrected chi connectivity index (χ4v) is 2.62. The summed E-state index contributed by atoms with van der Waals surface area (Å²) < 4.78 is 39.7. The summed E-state index contributed by atoms with van der Waals surface area (Å²) in [6, 6.07) is 11.7. The van der Waals surface area contributed by atoms with E-state index in [0.717, 1.165) is 5.56 Å². The van der Waals surface area contributed by atoms with E-state index in [1.807, 2.05) is 0 Å². The van der Waals surface area contributed by atoms with Crippen molar-refractivity contribution in [1.82, 2.24) is 0 Å². The largest absolute Gasteiger partial charge is 0.326 e. The predicted molar refractivity (Wildman–Crippen MR) is 71.5 cm³/mol. The lowest BCUT2D eigenvalue weighted by molar-refractivity contribution is 0.598. The minimum Gasteiger partial charge on any atom is -0.326 e. The van der Waals surface area contributed by atoms with Gasteiger partial charge in [0.05, 0.1) is 10.6 Å². The lowest BCUT2D eigenvalue weighted by Crippen LogP contribution is -2.14. The van der Waals surface area contributed by atoms with Crippen molar-refractivity contribution in [3.63, 3.8) is 0 Å². The molecule has 6 heteroatoms. The molecular formula is C13H13FN2O2S. The quantitative estimate of drug-likeness (QED) is 0.900. The molecule has 100 valence electrons. The van der Waals surface area contributed by atoms with E-state index in [4.69, 9.17) is 5.73 Å². The number of sulfonamides is 1. The van der Waals surface area contributed by atoms with Crippen molar-refractivity contribution in [3.8, 4) is 0 Å². The van der Waals surface area contributed by atoms with Gasteiger partial charge in [-0.05, 0) is 29.8 Å². The van der Waals surface area contributed by atoms with Crippen molar-refractivity contribution < 1.29 is 12.8 Å². The van der Waals surface area contributed by atoms with Crippen molar-refractivity contribution in [2.24, 2.45) is 5.73 Å². The Morgan fingerprint density at radius 2 is 1.68 bits per heavy atom. The second-order valence-corrected chi connectivity index (χ2v) is 5.62. The number of anilines is 1. The molecule has 0 fully saturated rings. The van der Waals surface area contributed by atoms with Crippen LogP contribution in [0.15, 0.2) is 53.4 Å². The molecule has 0 atom stereocenters. The lowest BCUT2D eigenvalue weighted by Gasteiger charge is -2.09. The molecule has 0 spiro atoms. The fraction of sp³-hybridized carbons (Fsp3) is 0.0769.